The molecule has 2 N–H and O–H groups in total. The number of para-hydroxylation sites is 1. The minimum atomic E-state index is -4.49. The molecule has 0 saturated heterocycles. The molecule has 1 amide bonds. The van der Waals surface area contributed by atoms with E-state index in [2.05, 4.69) is 10.6 Å². The predicted octanol–water partition coefficient (Wildman–Crippen LogP) is 4.32. The Labute approximate surface area is 142 Å². The van der Waals surface area contributed by atoms with Crippen molar-refractivity contribution in [3.05, 3.63) is 52.2 Å². The Morgan fingerprint density at radius 2 is 1.96 bits per heavy atom. The van der Waals surface area contributed by atoms with Crippen molar-refractivity contribution in [3.63, 3.8) is 0 Å². The maximum atomic E-state index is 12.9. The van der Waals surface area contributed by atoms with Crippen molar-refractivity contribution in [2.45, 2.75) is 32.0 Å². The van der Waals surface area contributed by atoms with Gasteiger partial charge in [0.25, 0.3) is 0 Å². The molecular formula is C17H19F3N2OS. The van der Waals surface area contributed by atoms with E-state index in [1.54, 1.807) is 11.3 Å². The first-order valence-electron chi connectivity index (χ1n) is 7.58. The van der Waals surface area contributed by atoms with E-state index in [9.17, 15) is 18.0 Å². The smallest absolute Gasteiger partial charge is 0.325 e. The highest BCUT2D eigenvalue weighted by atomic mass is 32.1. The lowest BCUT2D eigenvalue weighted by Gasteiger charge is -2.16. The highest BCUT2D eigenvalue weighted by Gasteiger charge is 2.33. The van der Waals surface area contributed by atoms with E-state index in [1.165, 1.54) is 23.1 Å². The summed E-state index contributed by atoms with van der Waals surface area (Å²) in [5, 5.41) is 7.57. The number of hydrogen-bond donors (Lipinski definition) is 2. The number of thiophene rings is 1. The van der Waals surface area contributed by atoms with Gasteiger partial charge >= 0.3 is 6.18 Å². The molecule has 130 valence electrons. The molecule has 24 heavy (non-hydrogen) atoms. The number of rotatable bonds is 7. The minimum absolute atomic E-state index is 0.108. The molecule has 0 spiro atoms. The summed E-state index contributed by atoms with van der Waals surface area (Å²) in [5.74, 6) is -0.442. The molecular weight excluding hydrogens is 337 g/mol. The Bertz CT molecular complexity index is 656. The molecule has 1 unspecified atom stereocenters. The van der Waals surface area contributed by atoms with Gasteiger partial charge in [-0.3, -0.25) is 4.79 Å². The Hall–Kier alpha value is -1.86. The number of anilines is 1. The summed E-state index contributed by atoms with van der Waals surface area (Å²) in [5.41, 5.74) is -1.04. The molecule has 0 aliphatic rings. The zero-order valence-electron chi connectivity index (χ0n) is 13.2. The molecule has 0 fully saturated rings. The fourth-order valence-electron chi connectivity index (χ4n) is 2.29. The summed E-state index contributed by atoms with van der Waals surface area (Å²) in [6.07, 6.45) is -3.52. The maximum absolute atomic E-state index is 12.9. The van der Waals surface area contributed by atoms with E-state index >= 15 is 0 Å². The highest BCUT2D eigenvalue weighted by molar-refractivity contribution is 7.09. The van der Waals surface area contributed by atoms with Crippen molar-refractivity contribution < 1.29 is 18.0 Å². The van der Waals surface area contributed by atoms with Crippen LogP contribution in [0.25, 0.3) is 0 Å². The molecule has 2 aromatic rings. The van der Waals surface area contributed by atoms with Crippen LogP contribution in [0.1, 0.15) is 23.8 Å². The predicted molar refractivity (Wildman–Crippen MR) is 90.2 cm³/mol. The lowest BCUT2D eigenvalue weighted by molar-refractivity contribution is -0.137. The van der Waals surface area contributed by atoms with Gasteiger partial charge < -0.3 is 10.6 Å². The van der Waals surface area contributed by atoms with Crippen molar-refractivity contribution in [2.24, 2.45) is 0 Å². The zero-order valence-corrected chi connectivity index (χ0v) is 14.0. The molecule has 0 saturated carbocycles. The number of nitrogens with one attached hydrogen (secondary N) is 2. The van der Waals surface area contributed by atoms with Crippen LogP contribution in [0, 0.1) is 0 Å². The lowest BCUT2D eigenvalue weighted by Crippen LogP contribution is -2.32. The summed E-state index contributed by atoms with van der Waals surface area (Å²) in [6.45, 7) is 2.55. The molecule has 7 heteroatoms. The van der Waals surface area contributed by atoms with Crippen molar-refractivity contribution >= 4 is 22.9 Å². The van der Waals surface area contributed by atoms with Crippen molar-refractivity contribution in [1.29, 1.82) is 0 Å². The maximum Gasteiger partial charge on any atom is 0.418 e. The Morgan fingerprint density at radius 3 is 2.62 bits per heavy atom. The quantitative estimate of drug-likeness (QED) is 0.776. The van der Waals surface area contributed by atoms with Gasteiger partial charge in [-0.25, -0.2) is 0 Å². The number of amides is 1. The molecule has 2 rings (SSSR count). The molecule has 1 aromatic carbocycles. The van der Waals surface area contributed by atoms with E-state index in [4.69, 9.17) is 0 Å². The van der Waals surface area contributed by atoms with E-state index in [0.717, 1.165) is 12.5 Å². The number of carbonyl (C=O) groups is 1. The summed E-state index contributed by atoms with van der Waals surface area (Å²) in [6, 6.07) is 8.88. The molecule has 1 heterocycles. The van der Waals surface area contributed by atoms with Crippen LogP contribution >= 0.6 is 11.3 Å². The number of benzene rings is 1. The summed E-state index contributed by atoms with van der Waals surface area (Å²) < 4.78 is 38.7. The molecule has 0 radical (unpaired) electrons. The summed E-state index contributed by atoms with van der Waals surface area (Å²) >= 11 is 1.67. The van der Waals surface area contributed by atoms with Crippen LogP contribution in [0.15, 0.2) is 41.8 Å². The van der Waals surface area contributed by atoms with Crippen LogP contribution in [0.4, 0.5) is 18.9 Å². The molecule has 0 bridgehead atoms. The summed E-state index contributed by atoms with van der Waals surface area (Å²) in [7, 11) is 0. The van der Waals surface area contributed by atoms with Gasteiger partial charge in [0.05, 0.1) is 11.3 Å². The Kier molecular flexibility index (Phi) is 6.39. The Balaban J connectivity index is 1.82. The monoisotopic (exact) mass is 356 g/mol. The van der Waals surface area contributed by atoms with Crippen molar-refractivity contribution in [1.82, 2.24) is 5.32 Å². The molecule has 0 aliphatic carbocycles. The van der Waals surface area contributed by atoms with Gasteiger partial charge in [0.15, 0.2) is 0 Å². The first kappa shape index (κ1) is 18.5. The van der Waals surface area contributed by atoms with Crippen LogP contribution in [0.3, 0.4) is 0 Å². The lowest BCUT2D eigenvalue weighted by atomic mass is 10.1. The first-order chi connectivity index (χ1) is 11.4. The molecule has 3 nitrogen and oxygen atoms in total. The van der Waals surface area contributed by atoms with Crippen LogP contribution in [0.5, 0.6) is 0 Å². The molecule has 1 atom stereocenters. The van der Waals surface area contributed by atoms with Gasteiger partial charge in [0, 0.05) is 23.9 Å². The zero-order chi connectivity index (χ0) is 17.6. The van der Waals surface area contributed by atoms with E-state index in [-0.39, 0.29) is 18.2 Å². The van der Waals surface area contributed by atoms with Gasteiger partial charge in [-0.05, 0) is 36.9 Å². The standard InChI is InChI=1S/C17H19F3N2OS/c1-12(21-9-8-13-5-4-10-24-13)11-16(23)22-15-7-3-2-6-14(15)17(18,19)20/h2-7,10,12,21H,8-9,11H2,1H3,(H,22,23). The van der Waals surface area contributed by atoms with E-state index < -0.39 is 17.6 Å². The van der Waals surface area contributed by atoms with Crippen LogP contribution in [0.2, 0.25) is 0 Å². The average Bonchev–Trinajstić information content (AvgIpc) is 2.99. The average molecular weight is 356 g/mol. The van der Waals surface area contributed by atoms with Gasteiger partial charge in [-0.1, -0.05) is 18.2 Å². The number of hydrogen-bond acceptors (Lipinski definition) is 3. The van der Waals surface area contributed by atoms with Crippen LogP contribution in [-0.4, -0.2) is 18.5 Å². The third kappa shape index (κ3) is 5.65. The minimum Gasteiger partial charge on any atom is -0.325 e. The second-order valence-electron chi connectivity index (χ2n) is 5.48. The fourth-order valence-corrected chi connectivity index (χ4v) is 3.00. The highest BCUT2D eigenvalue weighted by Crippen LogP contribution is 2.34. The van der Waals surface area contributed by atoms with Crippen LogP contribution in [-0.2, 0) is 17.4 Å². The molecule has 0 aliphatic heterocycles. The second-order valence-corrected chi connectivity index (χ2v) is 6.51. The number of halogens is 3. The normalized spacial score (nSPS) is 12.8. The van der Waals surface area contributed by atoms with Gasteiger partial charge in [0.2, 0.25) is 5.91 Å². The van der Waals surface area contributed by atoms with E-state index in [0.29, 0.717) is 6.54 Å². The number of alkyl halides is 3. The topological polar surface area (TPSA) is 41.1 Å². The third-order valence-electron chi connectivity index (χ3n) is 3.44. The molecule has 1 aromatic heterocycles. The van der Waals surface area contributed by atoms with Crippen LogP contribution < -0.4 is 10.6 Å². The van der Waals surface area contributed by atoms with Gasteiger partial charge in [-0.2, -0.15) is 13.2 Å². The Morgan fingerprint density at radius 1 is 1.21 bits per heavy atom. The van der Waals surface area contributed by atoms with Gasteiger partial charge in [-0.15, -0.1) is 11.3 Å². The van der Waals surface area contributed by atoms with Gasteiger partial charge in [0.1, 0.15) is 0 Å². The second kappa shape index (κ2) is 8.30. The first-order valence-corrected chi connectivity index (χ1v) is 8.46. The SMILES string of the molecule is CC(CC(=O)Nc1ccccc1C(F)(F)F)NCCc1cccs1. The third-order valence-corrected chi connectivity index (χ3v) is 4.38. The summed E-state index contributed by atoms with van der Waals surface area (Å²) in [4.78, 5) is 13.2. The number of carbonyl (C=O) groups excluding carboxylic acids is 1. The largest absolute Gasteiger partial charge is 0.418 e. The van der Waals surface area contributed by atoms with E-state index in [1.807, 2.05) is 24.4 Å². The van der Waals surface area contributed by atoms with Crippen molar-refractivity contribution in [2.75, 3.05) is 11.9 Å². The fraction of sp³-hybridized carbons (Fsp3) is 0.353. The van der Waals surface area contributed by atoms with Crippen molar-refractivity contribution in [3.8, 4) is 0 Å².